The zero-order valence-corrected chi connectivity index (χ0v) is 14.0. The maximum Gasteiger partial charge on any atom is 0.293 e. The van der Waals surface area contributed by atoms with Crippen molar-refractivity contribution in [2.24, 2.45) is 0 Å². The molecule has 2 heterocycles. The van der Waals surface area contributed by atoms with Crippen molar-refractivity contribution in [3.63, 3.8) is 0 Å². The number of ether oxygens (including phenoxy) is 1. The molecular formula is C19H14N2O3S. The monoisotopic (exact) mass is 350 g/mol. The van der Waals surface area contributed by atoms with Crippen molar-refractivity contribution in [3.8, 4) is 5.75 Å². The molecule has 0 spiro atoms. The van der Waals surface area contributed by atoms with Gasteiger partial charge >= 0.3 is 0 Å². The van der Waals surface area contributed by atoms with Crippen LogP contribution < -0.4 is 10.1 Å². The van der Waals surface area contributed by atoms with Crippen LogP contribution >= 0.6 is 11.3 Å². The van der Waals surface area contributed by atoms with Gasteiger partial charge in [-0.3, -0.25) is 10.1 Å². The van der Waals surface area contributed by atoms with E-state index in [0.29, 0.717) is 10.7 Å². The summed E-state index contributed by atoms with van der Waals surface area (Å²) in [5.41, 5.74) is 1.54. The lowest BCUT2D eigenvalue weighted by atomic mass is 10.2. The van der Waals surface area contributed by atoms with Gasteiger partial charge in [-0.25, -0.2) is 4.98 Å². The third-order valence-corrected chi connectivity index (χ3v) is 4.56. The van der Waals surface area contributed by atoms with Gasteiger partial charge in [0.2, 0.25) is 0 Å². The minimum absolute atomic E-state index is 0.232. The fourth-order valence-electron chi connectivity index (χ4n) is 2.41. The van der Waals surface area contributed by atoms with Crippen LogP contribution in [0.5, 0.6) is 5.75 Å². The van der Waals surface area contributed by atoms with Crippen molar-refractivity contribution in [2.45, 2.75) is 6.61 Å². The van der Waals surface area contributed by atoms with Crippen LogP contribution in [0.25, 0.3) is 10.2 Å². The number of hydrogen-bond acceptors (Lipinski definition) is 5. The third-order valence-electron chi connectivity index (χ3n) is 3.60. The Labute approximate surface area is 147 Å². The minimum atomic E-state index is -0.337. The minimum Gasteiger partial charge on any atom is -0.489 e. The maximum atomic E-state index is 12.5. The van der Waals surface area contributed by atoms with E-state index in [1.165, 1.54) is 17.6 Å². The molecule has 0 radical (unpaired) electrons. The molecule has 6 heteroatoms. The van der Waals surface area contributed by atoms with E-state index in [9.17, 15) is 4.79 Å². The zero-order valence-electron chi connectivity index (χ0n) is 13.1. The summed E-state index contributed by atoms with van der Waals surface area (Å²) in [5, 5.41) is 3.33. The Balaban J connectivity index is 1.48. The van der Waals surface area contributed by atoms with Crippen LogP contribution in [0, 0.1) is 0 Å². The van der Waals surface area contributed by atoms with Crippen molar-refractivity contribution in [1.29, 1.82) is 0 Å². The number of carbonyl (C=O) groups excluding carboxylic acids is 1. The second-order valence-electron chi connectivity index (χ2n) is 5.32. The van der Waals surface area contributed by atoms with Gasteiger partial charge < -0.3 is 9.15 Å². The molecular weight excluding hydrogens is 336 g/mol. The first kappa shape index (κ1) is 15.4. The van der Waals surface area contributed by atoms with Crippen molar-refractivity contribution >= 4 is 32.6 Å². The second-order valence-corrected chi connectivity index (χ2v) is 6.35. The Bertz CT molecular complexity index is 975. The van der Waals surface area contributed by atoms with E-state index in [0.717, 1.165) is 16.0 Å². The van der Waals surface area contributed by atoms with E-state index in [1.807, 2.05) is 54.6 Å². The number of nitrogens with zero attached hydrogens (tertiary/aromatic N) is 1. The number of furan rings is 1. The molecule has 0 aliphatic carbocycles. The maximum absolute atomic E-state index is 12.5. The normalized spacial score (nSPS) is 10.7. The van der Waals surface area contributed by atoms with Crippen LogP contribution in [-0.4, -0.2) is 10.9 Å². The lowest BCUT2D eigenvalue weighted by molar-refractivity contribution is 0.0993. The van der Waals surface area contributed by atoms with Gasteiger partial charge in [0.05, 0.1) is 16.5 Å². The average Bonchev–Trinajstić information content (AvgIpc) is 3.27. The van der Waals surface area contributed by atoms with Gasteiger partial charge in [0.1, 0.15) is 12.4 Å². The number of aromatic nitrogens is 1. The highest BCUT2D eigenvalue weighted by Crippen LogP contribution is 2.26. The summed E-state index contributed by atoms with van der Waals surface area (Å²) in [6.45, 7) is 0.253. The number of nitrogens with one attached hydrogen (secondary N) is 1. The fraction of sp³-hybridized carbons (Fsp3) is 0.0526. The Kier molecular flexibility index (Phi) is 4.18. The molecule has 124 valence electrons. The first-order chi connectivity index (χ1) is 12.3. The number of anilines is 1. The van der Waals surface area contributed by atoms with Crippen molar-refractivity contribution < 1.29 is 13.9 Å². The van der Waals surface area contributed by atoms with E-state index in [4.69, 9.17) is 9.15 Å². The number of amides is 1. The molecule has 0 atom stereocenters. The zero-order chi connectivity index (χ0) is 17.1. The largest absolute Gasteiger partial charge is 0.489 e. The number of para-hydroxylation sites is 2. The van der Waals surface area contributed by atoms with Crippen LogP contribution in [0.1, 0.15) is 16.1 Å². The molecule has 0 bridgehead atoms. The molecule has 0 saturated carbocycles. The van der Waals surface area contributed by atoms with E-state index in [-0.39, 0.29) is 18.3 Å². The van der Waals surface area contributed by atoms with E-state index < -0.39 is 0 Å². The van der Waals surface area contributed by atoms with Crippen LogP contribution in [0.2, 0.25) is 0 Å². The molecule has 2 aromatic heterocycles. The van der Waals surface area contributed by atoms with Crippen LogP contribution in [0.3, 0.4) is 0 Å². The quantitative estimate of drug-likeness (QED) is 0.565. The molecule has 1 amide bonds. The summed E-state index contributed by atoms with van der Waals surface area (Å²) in [6.07, 6.45) is 1.48. The summed E-state index contributed by atoms with van der Waals surface area (Å²) in [5.74, 6) is 0.632. The molecule has 0 aliphatic heterocycles. The lowest BCUT2D eigenvalue weighted by Crippen LogP contribution is -2.13. The van der Waals surface area contributed by atoms with Gasteiger partial charge in [-0.2, -0.15) is 0 Å². The number of fused-ring (bicyclic) bond motifs is 1. The highest BCUT2D eigenvalue weighted by molar-refractivity contribution is 7.22. The van der Waals surface area contributed by atoms with Crippen LogP contribution in [0.4, 0.5) is 5.13 Å². The fourth-order valence-corrected chi connectivity index (χ4v) is 3.27. The Morgan fingerprint density at radius 2 is 1.88 bits per heavy atom. The lowest BCUT2D eigenvalue weighted by Gasteiger charge is -2.06. The number of benzene rings is 2. The molecule has 4 aromatic rings. The summed E-state index contributed by atoms with van der Waals surface area (Å²) in [6, 6.07) is 18.9. The number of rotatable bonds is 5. The first-order valence-electron chi connectivity index (χ1n) is 7.71. The van der Waals surface area contributed by atoms with Crippen LogP contribution in [0.15, 0.2) is 71.3 Å². The second kappa shape index (κ2) is 6.78. The Hall–Kier alpha value is -3.12. The highest BCUT2D eigenvalue weighted by atomic mass is 32.1. The van der Waals surface area contributed by atoms with E-state index in [1.54, 1.807) is 6.07 Å². The smallest absolute Gasteiger partial charge is 0.293 e. The first-order valence-corrected chi connectivity index (χ1v) is 8.52. The molecule has 2 aromatic carbocycles. The van der Waals surface area contributed by atoms with Gasteiger partial charge in [-0.05, 0) is 30.3 Å². The number of thiazole rings is 1. The summed E-state index contributed by atoms with van der Waals surface area (Å²) < 4.78 is 12.1. The Morgan fingerprint density at radius 1 is 1.08 bits per heavy atom. The average molecular weight is 350 g/mol. The SMILES string of the molecule is O=C(Nc1nc2ccccc2s1)c1occc1COc1ccccc1. The summed E-state index contributed by atoms with van der Waals surface area (Å²) >= 11 is 1.42. The molecule has 25 heavy (non-hydrogen) atoms. The highest BCUT2D eigenvalue weighted by Gasteiger charge is 2.17. The standard InChI is InChI=1S/C19H14N2O3S/c22-18(21-19-20-15-8-4-5-9-16(15)25-19)17-13(10-11-23-17)12-24-14-6-2-1-3-7-14/h1-11H,12H2,(H,20,21,22). The molecule has 0 fully saturated rings. The number of carbonyl (C=O) groups is 1. The van der Waals surface area contributed by atoms with Crippen LogP contribution in [-0.2, 0) is 6.61 Å². The predicted molar refractivity (Wildman–Crippen MR) is 97.1 cm³/mol. The van der Waals surface area contributed by atoms with E-state index in [2.05, 4.69) is 10.3 Å². The molecule has 5 nitrogen and oxygen atoms in total. The third kappa shape index (κ3) is 3.39. The molecule has 0 unspecified atom stereocenters. The Morgan fingerprint density at radius 3 is 2.72 bits per heavy atom. The predicted octanol–water partition coefficient (Wildman–Crippen LogP) is 4.72. The molecule has 1 N–H and O–H groups in total. The number of hydrogen-bond donors (Lipinski definition) is 1. The molecule has 0 aliphatic rings. The summed E-state index contributed by atoms with van der Waals surface area (Å²) in [4.78, 5) is 16.9. The van der Waals surface area contributed by atoms with Gasteiger partial charge in [-0.1, -0.05) is 41.7 Å². The molecule has 0 saturated heterocycles. The van der Waals surface area contributed by atoms with Crippen molar-refractivity contribution in [2.75, 3.05) is 5.32 Å². The summed E-state index contributed by atoms with van der Waals surface area (Å²) in [7, 11) is 0. The topological polar surface area (TPSA) is 64.4 Å². The van der Waals surface area contributed by atoms with Gasteiger partial charge in [0.25, 0.3) is 5.91 Å². The van der Waals surface area contributed by atoms with E-state index >= 15 is 0 Å². The van der Waals surface area contributed by atoms with Gasteiger partial charge in [0, 0.05) is 5.56 Å². The van der Waals surface area contributed by atoms with Gasteiger partial charge in [0.15, 0.2) is 10.9 Å². The van der Waals surface area contributed by atoms with Crippen molar-refractivity contribution in [3.05, 3.63) is 78.3 Å². The van der Waals surface area contributed by atoms with Gasteiger partial charge in [-0.15, -0.1) is 0 Å². The van der Waals surface area contributed by atoms with Crippen molar-refractivity contribution in [1.82, 2.24) is 4.98 Å². The molecule has 4 rings (SSSR count).